The molecule has 29 heavy (non-hydrogen) atoms. The Labute approximate surface area is 189 Å². The SMILES string of the molecule is CCCS(=O)(=O)[O-].CCCS(=O)(=O)[O-].CCCS(=O)(=O)[O-].CCCS(=O)(=O)[O-].[W]. The van der Waals surface area contributed by atoms with E-state index in [0.29, 0.717) is 25.7 Å². The van der Waals surface area contributed by atoms with Gasteiger partial charge in [-0.1, -0.05) is 27.7 Å². The van der Waals surface area contributed by atoms with Gasteiger partial charge in [-0.3, -0.25) is 0 Å². The molecule has 0 fully saturated rings. The van der Waals surface area contributed by atoms with Gasteiger partial charge in [-0.05, 0) is 25.7 Å². The van der Waals surface area contributed by atoms with Crippen molar-refractivity contribution in [1.82, 2.24) is 0 Å². The largest absolute Gasteiger partial charge is 0.748 e. The van der Waals surface area contributed by atoms with Gasteiger partial charge in [-0.15, -0.1) is 0 Å². The Kier molecular flexibility index (Phi) is 27.8. The number of hydrogen-bond donors (Lipinski definition) is 0. The minimum Gasteiger partial charge on any atom is -0.748 e. The summed E-state index contributed by atoms with van der Waals surface area (Å²) in [4.78, 5) is 0. The van der Waals surface area contributed by atoms with Crippen molar-refractivity contribution in [2.24, 2.45) is 0 Å². The molecule has 0 aliphatic carbocycles. The Morgan fingerprint density at radius 1 is 0.414 bits per heavy atom. The molecule has 0 saturated carbocycles. The topological polar surface area (TPSA) is 229 Å². The van der Waals surface area contributed by atoms with Gasteiger partial charge in [-0.25, -0.2) is 33.7 Å². The molecule has 0 amide bonds. The standard InChI is InChI=1S/4C3H8O3S.W/c4*1-2-3-7(4,5)6;/h4*2-3H2,1H3,(H,4,5,6);/p-4. The summed E-state index contributed by atoms with van der Waals surface area (Å²) >= 11 is 0. The van der Waals surface area contributed by atoms with Gasteiger partial charge in [0.1, 0.15) is 0 Å². The van der Waals surface area contributed by atoms with Crippen LogP contribution in [0.15, 0.2) is 0 Å². The summed E-state index contributed by atoms with van der Waals surface area (Å²) in [6.07, 6.45) is 1.63. The van der Waals surface area contributed by atoms with Gasteiger partial charge >= 0.3 is 0 Å². The fraction of sp³-hybridized carbons (Fsp3) is 1.00. The molecular formula is C12H28O12S4W-4. The van der Waals surface area contributed by atoms with Gasteiger partial charge in [0.15, 0.2) is 0 Å². The average molecular weight is 676 g/mol. The van der Waals surface area contributed by atoms with Gasteiger partial charge in [0.25, 0.3) is 0 Å². The van der Waals surface area contributed by atoms with Crippen LogP contribution in [0.3, 0.4) is 0 Å². The van der Waals surface area contributed by atoms with E-state index in [-0.39, 0.29) is 44.1 Å². The second-order valence-corrected chi connectivity index (χ2v) is 11.1. The molecule has 0 N–H and O–H groups in total. The zero-order chi connectivity index (χ0) is 23.7. The summed E-state index contributed by atoms with van der Waals surface area (Å²) in [6, 6.07) is 0. The van der Waals surface area contributed by atoms with Crippen LogP contribution in [0.1, 0.15) is 53.4 Å². The van der Waals surface area contributed by atoms with Crippen molar-refractivity contribution in [2.45, 2.75) is 53.4 Å². The molecule has 0 bridgehead atoms. The molecule has 12 nitrogen and oxygen atoms in total. The summed E-state index contributed by atoms with van der Waals surface area (Å²) in [7, 11) is -15.7. The molecule has 0 heterocycles. The monoisotopic (exact) mass is 676 g/mol. The summed E-state index contributed by atoms with van der Waals surface area (Å²) < 4.78 is 116. The summed E-state index contributed by atoms with van der Waals surface area (Å²) in [5, 5.41) is 0. The molecule has 0 spiro atoms. The molecule has 0 aromatic rings. The molecule has 0 aromatic heterocycles. The van der Waals surface area contributed by atoms with Crippen molar-refractivity contribution in [3.63, 3.8) is 0 Å². The molecule has 0 aromatic carbocycles. The van der Waals surface area contributed by atoms with E-state index in [1.807, 2.05) is 0 Å². The molecule has 182 valence electrons. The van der Waals surface area contributed by atoms with Crippen molar-refractivity contribution in [3.8, 4) is 0 Å². The van der Waals surface area contributed by atoms with E-state index < -0.39 is 40.5 Å². The summed E-state index contributed by atoms with van der Waals surface area (Å²) in [5.41, 5.74) is 0. The van der Waals surface area contributed by atoms with E-state index in [2.05, 4.69) is 0 Å². The molecule has 0 aliphatic heterocycles. The van der Waals surface area contributed by atoms with Crippen LogP contribution in [0.2, 0.25) is 0 Å². The van der Waals surface area contributed by atoms with E-state index in [0.717, 1.165) is 0 Å². The van der Waals surface area contributed by atoms with Crippen LogP contribution in [0.25, 0.3) is 0 Å². The second kappa shape index (κ2) is 20.2. The van der Waals surface area contributed by atoms with Crippen LogP contribution in [-0.4, -0.2) is 74.9 Å². The van der Waals surface area contributed by atoms with Crippen LogP contribution < -0.4 is 0 Å². The third-order valence-corrected chi connectivity index (χ3v) is 5.45. The maximum atomic E-state index is 9.68. The first-order chi connectivity index (χ1) is 12.2. The van der Waals surface area contributed by atoms with E-state index in [1.54, 1.807) is 27.7 Å². The number of rotatable bonds is 8. The predicted molar refractivity (Wildman–Crippen MR) is 99.4 cm³/mol. The zero-order valence-corrected chi connectivity index (χ0v) is 22.8. The smallest absolute Gasteiger partial charge is 0.0945 e. The Hall–Kier alpha value is 0.328. The fourth-order valence-corrected chi connectivity index (χ4v) is 3.00. The Morgan fingerprint density at radius 2 is 0.517 bits per heavy atom. The van der Waals surface area contributed by atoms with Crippen LogP contribution in [-0.2, 0) is 61.5 Å². The molecule has 0 rings (SSSR count). The van der Waals surface area contributed by atoms with Crippen LogP contribution >= 0.6 is 0 Å². The number of hydrogen-bond acceptors (Lipinski definition) is 12. The minimum atomic E-state index is -3.92. The van der Waals surface area contributed by atoms with Gasteiger partial charge in [0, 0.05) is 44.1 Å². The molecule has 0 unspecified atom stereocenters. The molecule has 0 atom stereocenters. The van der Waals surface area contributed by atoms with Crippen LogP contribution in [0.4, 0.5) is 0 Å². The van der Waals surface area contributed by atoms with E-state index in [4.69, 9.17) is 0 Å². The van der Waals surface area contributed by atoms with E-state index in [9.17, 15) is 51.9 Å². The average Bonchev–Trinajstić information content (AvgIpc) is 2.34. The van der Waals surface area contributed by atoms with Crippen molar-refractivity contribution in [3.05, 3.63) is 0 Å². The van der Waals surface area contributed by atoms with E-state index in [1.165, 1.54) is 0 Å². The third-order valence-electron chi connectivity index (χ3n) is 1.82. The van der Waals surface area contributed by atoms with E-state index >= 15 is 0 Å². The Bertz CT molecular complexity index is 635. The first-order valence-electron chi connectivity index (χ1n) is 7.98. The molecule has 0 saturated heterocycles. The maximum Gasteiger partial charge on any atom is 0.0945 e. The molecule has 0 aliphatic rings. The molecule has 0 radical (unpaired) electrons. The third kappa shape index (κ3) is 73.7. The van der Waals surface area contributed by atoms with Crippen molar-refractivity contribution in [1.29, 1.82) is 0 Å². The molecular weight excluding hydrogens is 648 g/mol. The first kappa shape index (κ1) is 39.8. The van der Waals surface area contributed by atoms with Gasteiger partial charge < -0.3 is 18.2 Å². The minimum absolute atomic E-state index is 0. The maximum absolute atomic E-state index is 9.68. The van der Waals surface area contributed by atoms with Gasteiger partial charge in [0.05, 0.1) is 40.5 Å². The van der Waals surface area contributed by atoms with Gasteiger partial charge in [-0.2, -0.15) is 0 Å². The predicted octanol–water partition coefficient (Wildman–Crippen LogP) is -0.236. The van der Waals surface area contributed by atoms with Crippen molar-refractivity contribution >= 4 is 40.5 Å². The fourth-order valence-electron chi connectivity index (χ4n) is 1.00. The van der Waals surface area contributed by atoms with Gasteiger partial charge in [0.2, 0.25) is 0 Å². The van der Waals surface area contributed by atoms with Crippen molar-refractivity contribution in [2.75, 3.05) is 23.0 Å². The first-order valence-corrected chi connectivity index (χ1v) is 14.3. The zero-order valence-electron chi connectivity index (χ0n) is 16.6. The Balaban J connectivity index is -0.0000000873. The second-order valence-electron chi connectivity index (χ2n) is 5.05. The quantitative estimate of drug-likeness (QED) is 0.304. The normalized spacial score (nSPS) is 11.3. The van der Waals surface area contributed by atoms with Crippen LogP contribution in [0, 0.1) is 0 Å². The summed E-state index contributed by atoms with van der Waals surface area (Å²) in [6.45, 7) is 6.59. The van der Waals surface area contributed by atoms with Crippen molar-refractivity contribution < 1.29 is 72.9 Å². The molecule has 17 heteroatoms. The summed E-state index contributed by atoms with van der Waals surface area (Å²) in [5.74, 6) is -0.972. The van der Waals surface area contributed by atoms with Crippen LogP contribution in [0.5, 0.6) is 0 Å². The Morgan fingerprint density at radius 3 is 0.517 bits per heavy atom.